The number of unbranched alkanes of at least 4 members (excludes halogenated alkanes) is 4. The van der Waals surface area contributed by atoms with E-state index in [0.717, 1.165) is 38.5 Å². The highest BCUT2D eigenvalue weighted by Crippen LogP contribution is 2.68. The normalized spacial score (nSPS) is 30.5. The van der Waals surface area contributed by atoms with E-state index in [9.17, 15) is 14.4 Å². The van der Waals surface area contributed by atoms with E-state index in [1.165, 1.54) is 0 Å². The molecule has 0 radical (unpaired) electrons. The van der Waals surface area contributed by atoms with E-state index in [1.807, 2.05) is 18.7 Å². The summed E-state index contributed by atoms with van der Waals surface area (Å²) in [6, 6.07) is -0.629. The molecule has 36 heavy (non-hydrogen) atoms. The predicted molar refractivity (Wildman–Crippen MR) is 143 cm³/mol. The number of rotatable bonds is 15. The van der Waals surface area contributed by atoms with Crippen molar-refractivity contribution in [3.05, 3.63) is 25.3 Å². The zero-order valence-corrected chi connectivity index (χ0v) is 23.0. The molecule has 0 aromatic carbocycles. The third-order valence-electron chi connectivity index (χ3n) is 8.09. The summed E-state index contributed by atoms with van der Waals surface area (Å²) in [6.45, 7) is 15.0. The van der Waals surface area contributed by atoms with Gasteiger partial charge in [0.05, 0.1) is 23.2 Å². The van der Waals surface area contributed by atoms with Crippen molar-refractivity contribution < 1.29 is 24.2 Å². The van der Waals surface area contributed by atoms with Gasteiger partial charge in [-0.05, 0) is 51.9 Å². The Bertz CT molecular complexity index is 833. The van der Waals surface area contributed by atoms with Crippen LogP contribution in [-0.4, -0.2) is 81.1 Å². The first-order valence-corrected chi connectivity index (χ1v) is 14.4. The summed E-state index contributed by atoms with van der Waals surface area (Å²) in [5.74, 6) is -1.33. The Labute approximate surface area is 220 Å². The van der Waals surface area contributed by atoms with E-state index in [-0.39, 0.29) is 41.6 Å². The summed E-state index contributed by atoms with van der Waals surface area (Å²) >= 11 is 1.69. The predicted octanol–water partition coefficient (Wildman–Crippen LogP) is 3.81. The zero-order chi connectivity index (χ0) is 26.5. The molecule has 0 aromatic rings. The van der Waals surface area contributed by atoms with Crippen molar-refractivity contribution in [1.29, 1.82) is 0 Å². The number of hydrogen-bond acceptors (Lipinski definition) is 6. The van der Waals surface area contributed by atoms with Crippen molar-refractivity contribution in [2.24, 2.45) is 17.8 Å². The molecule has 0 aromatic heterocycles. The number of allylic oxidation sites excluding steroid dienone is 1. The fourth-order valence-corrected chi connectivity index (χ4v) is 8.81. The van der Waals surface area contributed by atoms with Crippen molar-refractivity contribution in [3.8, 4) is 0 Å². The second kappa shape index (κ2) is 12.6. The molecule has 7 nitrogen and oxygen atoms in total. The molecule has 2 bridgehead atoms. The van der Waals surface area contributed by atoms with Crippen LogP contribution in [-0.2, 0) is 19.1 Å². The zero-order valence-electron chi connectivity index (χ0n) is 22.2. The van der Waals surface area contributed by atoms with Crippen LogP contribution in [0.2, 0.25) is 0 Å². The Balaban J connectivity index is 1.93. The fourth-order valence-electron chi connectivity index (χ4n) is 6.40. The van der Waals surface area contributed by atoms with Crippen LogP contribution in [0.15, 0.2) is 25.3 Å². The van der Waals surface area contributed by atoms with Crippen LogP contribution in [0.3, 0.4) is 0 Å². The smallest absolute Gasteiger partial charge is 0.310 e. The Morgan fingerprint density at radius 2 is 1.94 bits per heavy atom. The van der Waals surface area contributed by atoms with Gasteiger partial charge in [0.1, 0.15) is 6.04 Å². The van der Waals surface area contributed by atoms with Gasteiger partial charge in [0.25, 0.3) is 0 Å². The first-order valence-electron chi connectivity index (χ1n) is 13.5. The van der Waals surface area contributed by atoms with Crippen LogP contribution >= 0.6 is 11.8 Å². The maximum absolute atomic E-state index is 14.2. The lowest BCUT2D eigenvalue weighted by Crippen LogP contribution is -2.58. The summed E-state index contributed by atoms with van der Waals surface area (Å²) in [6.07, 6.45) is 9.08. The number of aliphatic hydroxyl groups is 1. The monoisotopic (exact) mass is 520 g/mol. The quantitative estimate of drug-likeness (QED) is 0.201. The number of fused-ring (bicyclic) bond motifs is 1. The summed E-state index contributed by atoms with van der Waals surface area (Å²) in [5.41, 5.74) is 0. The maximum Gasteiger partial charge on any atom is 0.310 e. The molecule has 6 atom stereocenters. The van der Waals surface area contributed by atoms with Crippen LogP contribution in [0, 0.1) is 17.8 Å². The average Bonchev–Trinajstić information content (AvgIpc) is 3.43. The summed E-state index contributed by atoms with van der Waals surface area (Å²) < 4.78 is 5.02. The van der Waals surface area contributed by atoms with Crippen LogP contribution in [0.4, 0.5) is 0 Å². The summed E-state index contributed by atoms with van der Waals surface area (Å²) in [5, 5.41) is 9.10. The first kappa shape index (κ1) is 28.8. The molecule has 1 spiro atoms. The molecule has 8 heteroatoms. The highest BCUT2D eigenvalue weighted by molar-refractivity contribution is 8.02. The van der Waals surface area contributed by atoms with Gasteiger partial charge in [-0.1, -0.05) is 31.9 Å². The second-order valence-corrected chi connectivity index (χ2v) is 12.2. The van der Waals surface area contributed by atoms with E-state index in [2.05, 4.69) is 20.1 Å². The number of aliphatic hydroxyl groups excluding tert-OH is 1. The SMILES string of the molecule is C=CCCCOC(=O)[C@@H]1[C@@H]2CC(C)C3(S2)C(C(=O)N(CC=C)C(C)C)N(CCCCCCO)C(=O)[C@H]13. The second-order valence-electron chi connectivity index (χ2n) is 10.7. The van der Waals surface area contributed by atoms with E-state index in [4.69, 9.17) is 9.84 Å². The number of ether oxygens (including phenoxy) is 1. The third kappa shape index (κ3) is 5.26. The maximum atomic E-state index is 14.2. The van der Waals surface area contributed by atoms with E-state index < -0.39 is 22.6 Å². The fraction of sp³-hybridized carbons (Fsp3) is 0.750. The van der Waals surface area contributed by atoms with Crippen LogP contribution < -0.4 is 0 Å². The molecular weight excluding hydrogens is 476 g/mol. The van der Waals surface area contributed by atoms with Crippen LogP contribution in [0.25, 0.3) is 0 Å². The Morgan fingerprint density at radius 1 is 1.22 bits per heavy atom. The highest BCUT2D eigenvalue weighted by atomic mass is 32.2. The van der Waals surface area contributed by atoms with Crippen LogP contribution in [0.1, 0.15) is 65.7 Å². The minimum absolute atomic E-state index is 0.00485. The highest BCUT2D eigenvalue weighted by Gasteiger charge is 2.76. The van der Waals surface area contributed by atoms with Crippen LogP contribution in [0.5, 0.6) is 0 Å². The molecule has 2 amide bonds. The number of nitrogens with zero attached hydrogens (tertiary/aromatic N) is 2. The van der Waals surface area contributed by atoms with Gasteiger partial charge >= 0.3 is 5.97 Å². The van der Waals surface area contributed by atoms with Crippen molar-refractivity contribution in [1.82, 2.24) is 9.80 Å². The number of likely N-dealkylation sites (tertiary alicyclic amines) is 1. The standard InChI is InChI=1S/C28H44N2O5S/c1-6-8-13-17-35-27(34)22-21-18-20(5)28(36-21)23(22)25(32)30(15-11-9-10-12-16-31)24(28)26(33)29(14-7-2)19(3)4/h6-7,19-24,31H,1-2,8-18H2,3-5H3/t20?,21-,22+,23-,24?,28?/m0/s1. The number of hydrogen-bond donors (Lipinski definition) is 1. The lowest BCUT2D eigenvalue weighted by molar-refractivity contribution is -0.154. The summed E-state index contributed by atoms with van der Waals surface area (Å²) in [4.78, 5) is 45.1. The van der Waals surface area contributed by atoms with Gasteiger partial charge in [-0.2, -0.15) is 0 Å². The van der Waals surface area contributed by atoms with E-state index in [0.29, 0.717) is 26.1 Å². The lowest BCUT2D eigenvalue weighted by Gasteiger charge is -2.41. The largest absolute Gasteiger partial charge is 0.465 e. The van der Waals surface area contributed by atoms with Gasteiger partial charge in [0.2, 0.25) is 11.8 Å². The molecule has 3 saturated heterocycles. The van der Waals surface area contributed by atoms with Crippen molar-refractivity contribution in [2.75, 3.05) is 26.3 Å². The van der Waals surface area contributed by atoms with Crippen molar-refractivity contribution in [2.45, 2.75) is 87.8 Å². The van der Waals surface area contributed by atoms with Gasteiger partial charge in [-0.3, -0.25) is 14.4 Å². The van der Waals surface area contributed by atoms with Crippen molar-refractivity contribution >= 4 is 29.5 Å². The Morgan fingerprint density at radius 3 is 2.58 bits per heavy atom. The minimum Gasteiger partial charge on any atom is -0.465 e. The average molecular weight is 521 g/mol. The molecule has 3 heterocycles. The Kier molecular flexibility index (Phi) is 10.1. The number of carbonyl (C=O) groups is 3. The molecule has 3 aliphatic heterocycles. The number of amides is 2. The topological polar surface area (TPSA) is 87.2 Å². The summed E-state index contributed by atoms with van der Waals surface area (Å²) in [7, 11) is 0. The number of esters is 1. The molecule has 0 saturated carbocycles. The molecule has 202 valence electrons. The van der Waals surface area contributed by atoms with Gasteiger partial charge in [0.15, 0.2) is 0 Å². The molecule has 3 unspecified atom stereocenters. The first-order chi connectivity index (χ1) is 17.3. The minimum atomic E-state index is -0.622. The molecule has 1 N–H and O–H groups in total. The number of carbonyl (C=O) groups excluding carboxylic acids is 3. The third-order valence-corrected chi connectivity index (χ3v) is 10.2. The molecule has 3 aliphatic rings. The van der Waals surface area contributed by atoms with Gasteiger partial charge in [-0.25, -0.2) is 0 Å². The van der Waals surface area contributed by atoms with E-state index in [1.54, 1.807) is 28.8 Å². The number of thioether (sulfide) groups is 1. The van der Waals surface area contributed by atoms with Gasteiger partial charge < -0.3 is 19.6 Å². The molecule has 0 aliphatic carbocycles. The van der Waals surface area contributed by atoms with E-state index >= 15 is 0 Å². The van der Waals surface area contributed by atoms with Gasteiger partial charge in [-0.15, -0.1) is 24.9 Å². The molecule has 3 rings (SSSR count). The van der Waals surface area contributed by atoms with Crippen molar-refractivity contribution in [3.63, 3.8) is 0 Å². The molecular formula is C28H44N2O5S. The lowest BCUT2D eigenvalue weighted by atomic mass is 9.66. The molecule has 3 fully saturated rings. The van der Waals surface area contributed by atoms with Gasteiger partial charge in [0, 0.05) is 31.0 Å². The Hall–Kier alpha value is -1.80.